The van der Waals surface area contributed by atoms with E-state index in [-0.39, 0.29) is 34.9 Å². The van der Waals surface area contributed by atoms with Crippen molar-refractivity contribution in [2.24, 2.45) is 5.16 Å². The highest BCUT2D eigenvalue weighted by molar-refractivity contribution is 6.74. The van der Waals surface area contributed by atoms with Crippen LogP contribution in [0, 0.1) is 0 Å². The molecular weight excluding hydrogens is 546 g/mol. The molecule has 10 heteroatoms. The first-order chi connectivity index (χ1) is 18.8. The molecule has 8 nitrogen and oxygen atoms in total. The first-order valence-electron chi connectivity index (χ1n) is 13.0. The summed E-state index contributed by atoms with van der Waals surface area (Å²) in [4.78, 5) is 21.7. The van der Waals surface area contributed by atoms with Crippen LogP contribution in [0.5, 0.6) is 5.88 Å². The summed E-state index contributed by atoms with van der Waals surface area (Å²) in [5, 5.41) is 18.7. The molecule has 2 aromatic carbocycles. The number of hydrogen-bond acceptors (Lipinski definition) is 7. The number of carbonyl (C=O) groups excluding carboxylic acids is 1. The molecule has 1 heterocycles. The van der Waals surface area contributed by atoms with E-state index in [1.54, 1.807) is 24.4 Å². The largest absolute Gasteiger partial charge is 0.472 e. The van der Waals surface area contributed by atoms with Gasteiger partial charge in [0.05, 0.1) is 6.61 Å². The van der Waals surface area contributed by atoms with E-state index in [9.17, 15) is 9.90 Å². The molecule has 0 saturated heterocycles. The van der Waals surface area contributed by atoms with Gasteiger partial charge in [-0.25, -0.2) is 4.98 Å². The molecule has 1 unspecified atom stereocenters. The molecule has 0 spiro atoms. The lowest BCUT2D eigenvalue weighted by atomic mass is 9.88. The minimum absolute atomic E-state index is 0.0277. The molecule has 0 bridgehead atoms. The number of amides is 1. The molecule has 0 aliphatic carbocycles. The lowest BCUT2D eigenvalue weighted by molar-refractivity contribution is -0.114. The van der Waals surface area contributed by atoms with Gasteiger partial charge >= 0.3 is 0 Å². The van der Waals surface area contributed by atoms with Gasteiger partial charge in [0, 0.05) is 24.4 Å². The number of likely N-dealkylation sites (N-methyl/N-ethyl adjacent to an activating group) is 1. The van der Waals surface area contributed by atoms with Gasteiger partial charge < -0.3 is 24.4 Å². The summed E-state index contributed by atoms with van der Waals surface area (Å²) < 4.78 is 12.4. The summed E-state index contributed by atoms with van der Waals surface area (Å²) in [5.41, 5.74) is 1.05. The van der Waals surface area contributed by atoms with Crippen molar-refractivity contribution in [2.45, 2.75) is 51.1 Å². The smallest absolute Gasteiger partial charge is 0.273 e. The average Bonchev–Trinajstić information content (AvgIpc) is 2.93. The van der Waals surface area contributed by atoms with Gasteiger partial charge in [0.15, 0.2) is 14.0 Å². The van der Waals surface area contributed by atoms with Gasteiger partial charge in [0.25, 0.3) is 5.91 Å². The number of hydrogen-bond donors (Lipinski definition) is 2. The third-order valence-corrected chi connectivity index (χ3v) is 12.0. The van der Waals surface area contributed by atoms with Crippen molar-refractivity contribution in [1.29, 1.82) is 0 Å². The highest BCUT2D eigenvalue weighted by Crippen LogP contribution is 2.40. The summed E-state index contributed by atoms with van der Waals surface area (Å²) in [6.07, 6.45) is 1.55. The standard InChI is InChI=1S/C30H38ClN3O5Si/c1-29(2,3)40(6,7)39-20-30(36,22-14-9-8-10-15-22)23-17-25(31)28(33-18-23)38-19-21-13-11-12-16-24(21)26(34-37-5)27(35)32-4/h8-18,36H,19-20H2,1-7H3,(H,32,35). The van der Waals surface area contributed by atoms with Crippen LogP contribution in [0.3, 0.4) is 0 Å². The van der Waals surface area contributed by atoms with Gasteiger partial charge in [-0.3, -0.25) is 4.79 Å². The van der Waals surface area contributed by atoms with E-state index < -0.39 is 19.8 Å². The predicted octanol–water partition coefficient (Wildman–Crippen LogP) is 5.67. The molecular formula is C30H38ClN3O5Si. The lowest BCUT2D eigenvalue weighted by Crippen LogP contribution is -2.45. The molecule has 0 aliphatic rings. The molecule has 1 atom stereocenters. The summed E-state index contributed by atoms with van der Waals surface area (Å²) in [6.45, 7) is 10.9. The number of aromatic nitrogens is 1. The van der Waals surface area contributed by atoms with Crippen LogP contribution in [0.1, 0.15) is 43.0 Å². The highest BCUT2D eigenvalue weighted by Gasteiger charge is 2.41. The van der Waals surface area contributed by atoms with Crippen LogP contribution in [0.25, 0.3) is 0 Å². The lowest BCUT2D eigenvalue weighted by Gasteiger charge is -2.39. The molecule has 40 heavy (non-hydrogen) atoms. The maximum Gasteiger partial charge on any atom is 0.273 e. The van der Waals surface area contributed by atoms with E-state index in [2.05, 4.69) is 49.3 Å². The van der Waals surface area contributed by atoms with Crippen molar-refractivity contribution in [2.75, 3.05) is 20.8 Å². The van der Waals surface area contributed by atoms with Gasteiger partial charge in [-0.15, -0.1) is 0 Å². The molecule has 0 fully saturated rings. The molecule has 1 amide bonds. The predicted molar refractivity (Wildman–Crippen MR) is 160 cm³/mol. The fraction of sp³-hybridized carbons (Fsp3) is 0.367. The summed E-state index contributed by atoms with van der Waals surface area (Å²) in [6, 6.07) is 18.2. The molecule has 214 valence electrons. The second kappa shape index (κ2) is 12.9. The monoisotopic (exact) mass is 583 g/mol. The Morgan fingerprint density at radius 2 is 1.73 bits per heavy atom. The minimum atomic E-state index is -2.17. The maximum absolute atomic E-state index is 12.4. The van der Waals surface area contributed by atoms with E-state index in [1.165, 1.54) is 14.2 Å². The molecule has 1 aromatic heterocycles. The van der Waals surface area contributed by atoms with Gasteiger partial charge in [0.1, 0.15) is 24.3 Å². The normalized spacial score (nSPS) is 13.9. The van der Waals surface area contributed by atoms with Crippen LogP contribution < -0.4 is 10.1 Å². The van der Waals surface area contributed by atoms with Crippen LogP contribution >= 0.6 is 11.6 Å². The van der Waals surface area contributed by atoms with Crippen molar-refractivity contribution < 1.29 is 23.9 Å². The van der Waals surface area contributed by atoms with E-state index in [1.807, 2.05) is 42.5 Å². The number of carbonyl (C=O) groups is 1. The number of benzene rings is 2. The fourth-order valence-electron chi connectivity index (χ4n) is 3.75. The summed E-state index contributed by atoms with van der Waals surface area (Å²) in [5.74, 6) is -0.207. The van der Waals surface area contributed by atoms with Crippen LogP contribution in [-0.2, 0) is 26.3 Å². The molecule has 0 radical (unpaired) electrons. The van der Waals surface area contributed by atoms with Gasteiger partial charge in [-0.1, -0.05) is 92.1 Å². The first-order valence-corrected chi connectivity index (χ1v) is 16.2. The third-order valence-electron chi connectivity index (χ3n) is 7.25. The Balaban J connectivity index is 1.91. The second-order valence-corrected chi connectivity index (χ2v) is 16.2. The number of ether oxygens (including phenoxy) is 1. The van der Waals surface area contributed by atoms with Crippen molar-refractivity contribution >= 4 is 31.5 Å². The Bertz CT molecular complexity index is 1340. The van der Waals surface area contributed by atoms with E-state index >= 15 is 0 Å². The number of halogens is 1. The number of rotatable bonds is 11. The Labute approximate surface area is 242 Å². The highest BCUT2D eigenvalue weighted by atomic mass is 35.5. The third kappa shape index (κ3) is 7.09. The first kappa shape index (κ1) is 31.3. The van der Waals surface area contributed by atoms with Crippen LogP contribution in [0.15, 0.2) is 72.0 Å². The quantitative estimate of drug-likeness (QED) is 0.171. The van der Waals surface area contributed by atoms with Crippen molar-refractivity contribution in [3.8, 4) is 5.88 Å². The summed E-state index contributed by atoms with van der Waals surface area (Å²) >= 11 is 6.64. The number of aliphatic hydroxyl groups is 1. The molecule has 0 aliphatic heterocycles. The Morgan fingerprint density at radius 3 is 2.33 bits per heavy atom. The fourth-order valence-corrected chi connectivity index (χ4v) is 4.98. The van der Waals surface area contributed by atoms with Crippen LogP contribution in [0.2, 0.25) is 23.2 Å². The van der Waals surface area contributed by atoms with Crippen molar-refractivity contribution in [3.63, 3.8) is 0 Å². The molecule has 3 rings (SSSR count). The van der Waals surface area contributed by atoms with E-state index in [4.69, 9.17) is 25.6 Å². The SMILES string of the molecule is CNC(=O)C(=NOC)c1ccccc1COc1ncc(C(O)(CO[Si](C)(C)C(C)(C)C)c2ccccc2)cc1Cl. The van der Waals surface area contributed by atoms with Crippen molar-refractivity contribution in [3.05, 3.63) is 94.1 Å². The van der Waals surface area contributed by atoms with E-state index in [0.29, 0.717) is 22.3 Å². The van der Waals surface area contributed by atoms with E-state index in [0.717, 1.165) is 0 Å². The second-order valence-electron chi connectivity index (χ2n) is 10.9. The van der Waals surface area contributed by atoms with Crippen LogP contribution in [-0.4, -0.2) is 50.8 Å². The number of nitrogens with zero attached hydrogens (tertiary/aromatic N) is 2. The molecule has 0 saturated carbocycles. The van der Waals surface area contributed by atoms with Gasteiger partial charge in [0.2, 0.25) is 5.88 Å². The maximum atomic E-state index is 12.4. The zero-order chi connectivity index (χ0) is 29.6. The topological polar surface area (TPSA) is 102 Å². The Hall–Kier alpha value is -3.24. The Morgan fingerprint density at radius 1 is 1.07 bits per heavy atom. The number of pyridine rings is 1. The van der Waals surface area contributed by atoms with Crippen LogP contribution in [0.4, 0.5) is 0 Å². The zero-order valence-corrected chi connectivity index (χ0v) is 25.9. The molecule has 2 N–H and O–H groups in total. The minimum Gasteiger partial charge on any atom is -0.472 e. The van der Waals surface area contributed by atoms with Gasteiger partial charge in [-0.05, 0) is 35.3 Å². The Kier molecular flexibility index (Phi) is 10.1. The zero-order valence-electron chi connectivity index (χ0n) is 24.1. The van der Waals surface area contributed by atoms with Gasteiger partial charge in [-0.2, -0.15) is 0 Å². The van der Waals surface area contributed by atoms with Crippen molar-refractivity contribution in [1.82, 2.24) is 10.3 Å². The summed E-state index contributed by atoms with van der Waals surface area (Å²) in [7, 11) is 0.724. The molecule has 3 aromatic rings. The number of oxime groups is 1. The number of nitrogens with one attached hydrogen (secondary N) is 1. The average molecular weight is 584 g/mol.